The lowest BCUT2D eigenvalue weighted by Crippen LogP contribution is -2.34. The molecule has 2 rings (SSSR count). The largest absolute Gasteiger partial charge is 0.324 e. The summed E-state index contributed by atoms with van der Waals surface area (Å²) in [6.45, 7) is 0. The Labute approximate surface area is 90.8 Å². The van der Waals surface area contributed by atoms with Gasteiger partial charge in [0, 0.05) is 10.2 Å². The quantitative estimate of drug-likeness (QED) is 0.740. The number of anilines is 1. The van der Waals surface area contributed by atoms with Gasteiger partial charge in [0.1, 0.15) is 0 Å². The SMILES string of the molecule is NC1CCc2c(Br)cccc2NC1=O. The van der Waals surface area contributed by atoms with Gasteiger partial charge in [0.25, 0.3) is 0 Å². The maximum atomic E-state index is 11.4. The van der Waals surface area contributed by atoms with E-state index in [-0.39, 0.29) is 5.91 Å². The Hall–Kier alpha value is -0.870. The van der Waals surface area contributed by atoms with Gasteiger partial charge in [0.15, 0.2) is 0 Å². The predicted octanol–water partition coefficient (Wildman–Crippen LogP) is 1.66. The molecule has 0 aromatic heterocycles. The molecule has 4 heteroatoms. The number of nitrogens with two attached hydrogens (primary N) is 1. The minimum atomic E-state index is -0.394. The molecular formula is C10H11BrN2O. The summed E-state index contributed by atoms with van der Waals surface area (Å²) in [6, 6.07) is 5.38. The summed E-state index contributed by atoms with van der Waals surface area (Å²) >= 11 is 3.46. The van der Waals surface area contributed by atoms with Crippen molar-refractivity contribution in [2.45, 2.75) is 18.9 Å². The van der Waals surface area contributed by atoms with Crippen LogP contribution in [-0.2, 0) is 11.2 Å². The van der Waals surface area contributed by atoms with E-state index in [1.807, 2.05) is 18.2 Å². The molecule has 0 aliphatic carbocycles. The lowest BCUT2D eigenvalue weighted by atomic mass is 10.1. The van der Waals surface area contributed by atoms with E-state index >= 15 is 0 Å². The minimum Gasteiger partial charge on any atom is -0.324 e. The fourth-order valence-electron chi connectivity index (χ4n) is 1.59. The van der Waals surface area contributed by atoms with Crippen LogP contribution in [0.25, 0.3) is 0 Å². The number of hydrogen-bond donors (Lipinski definition) is 2. The molecule has 3 N–H and O–H groups in total. The van der Waals surface area contributed by atoms with Crippen LogP contribution in [0.2, 0.25) is 0 Å². The summed E-state index contributed by atoms with van der Waals surface area (Å²) in [5.41, 5.74) is 7.69. The number of halogens is 1. The number of carbonyl (C=O) groups excluding carboxylic acids is 1. The Bertz CT molecular complexity index is 378. The third kappa shape index (κ3) is 1.67. The van der Waals surface area contributed by atoms with E-state index in [1.54, 1.807) is 0 Å². The number of nitrogens with one attached hydrogen (secondary N) is 1. The molecule has 1 unspecified atom stereocenters. The Morgan fingerprint density at radius 1 is 1.50 bits per heavy atom. The molecule has 14 heavy (non-hydrogen) atoms. The smallest absolute Gasteiger partial charge is 0.241 e. The fourth-order valence-corrected chi connectivity index (χ4v) is 2.15. The average molecular weight is 255 g/mol. The van der Waals surface area contributed by atoms with E-state index in [0.29, 0.717) is 6.42 Å². The van der Waals surface area contributed by atoms with Crippen LogP contribution in [0.15, 0.2) is 22.7 Å². The summed E-state index contributed by atoms with van der Waals surface area (Å²) in [4.78, 5) is 11.4. The number of amides is 1. The first-order valence-electron chi connectivity index (χ1n) is 4.52. The molecule has 1 aromatic carbocycles. The van der Waals surface area contributed by atoms with Gasteiger partial charge in [-0.2, -0.15) is 0 Å². The standard InChI is InChI=1S/C10H11BrN2O/c11-7-2-1-3-9-6(7)4-5-8(12)10(14)13-9/h1-3,8H,4-5,12H2,(H,13,14). The Morgan fingerprint density at radius 2 is 2.29 bits per heavy atom. The van der Waals surface area contributed by atoms with Crippen LogP contribution >= 0.6 is 15.9 Å². The molecule has 1 aliphatic heterocycles. The van der Waals surface area contributed by atoms with Gasteiger partial charge >= 0.3 is 0 Å². The van der Waals surface area contributed by atoms with E-state index in [2.05, 4.69) is 21.2 Å². The summed E-state index contributed by atoms with van der Waals surface area (Å²) in [6.07, 6.45) is 1.53. The van der Waals surface area contributed by atoms with Crippen LogP contribution < -0.4 is 11.1 Å². The molecule has 0 saturated heterocycles. The van der Waals surface area contributed by atoms with E-state index in [9.17, 15) is 4.79 Å². The van der Waals surface area contributed by atoms with Crippen LogP contribution in [0, 0.1) is 0 Å². The molecule has 0 bridgehead atoms. The van der Waals surface area contributed by atoms with Gasteiger partial charge < -0.3 is 11.1 Å². The second kappa shape index (κ2) is 3.71. The van der Waals surface area contributed by atoms with Gasteiger partial charge in [-0.25, -0.2) is 0 Å². The topological polar surface area (TPSA) is 55.1 Å². The zero-order chi connectivity index (χ0) is 10.1. The van der Waals surface area contributed by atoms with Crippen molar-refractivity contribution in [3.8, 4) is 0 Å². The maximum Gasteiger partial charge on any atom is 0.241 e. The van der Waals surface area contributed by atoms with Crippen molar-refractivity contribution >= 4 is 27.5 Å². The molecular weight excluding hydrogens is 244 g/mol. The first-order valence-corrected chi connectivity index (χ1v) is 5.31. The van der Waals surface area contributed by atoms with Gasteiger partial charge in [-0.3, -0.25) is 4.79 Å². The third-order valence-electron chi connectivity index (χ3n) is 2.42. The zero-order valence-corrected chi connectivity index (χ0v) is 9.17. The predicted molar refractivity (Wildman–Crippen MR) is 59.1 cm³/mol. The molecule has 0 radical (unpaired) electrons. The Morgan fingerprint density at radius 3 is 3.07 bits per heavy atom. The average Bonchev–Trinajstić information content (AvgIpc) is 2.29. The molecule has 0 spiro atoms. The Balaban J connectivity index is 2.42. The van der Waals surface area contributed by atoms with Crippen molar-refractivity contribution in [3.05, 3.63) is 28.2 Å². The molecule has 1 aliphatic rings. The Kier molecular flexibility index (Phi) is 2.56. The number of benzene rings is 1. The van der Waals surface area contributed by atoms with E-state index in [1.165, 1.54) is 0 Å². The van der Waals surface area contributed by atoms with Crippen LogP contribution in [0.1, 0.15) is 12.0 Å². The lowest BCUT2D eigenvalue weighted by molar-refractivity contribution is -0.117. The van der Waals surface area contributed by atoms with Crippen molar-refractivity contribution < 1.29 is 4.79 Å². The second-order valence-electron chi connectivity index (χ2n) is 3.40. The lowest BCUT2D eigenvalue weighted by Gasteiger charge is -2.07. The summed E-state index contributed by atoms with van der Waals surface area (Å²) in [5.74, 6) is -0.0955. The van der Waals surface area contributed by atoms with Gasteiger partial charge in [-0.1, -0.05) is 22.0 Å². The van der Waals surface area contributed by atoms with Crippen LogP contribution in [0.4, 0.5) is 5.69 Å². The highest BCUT2D eigenvalue weighted by molar-refractivity contribution is 9.10. The van der Waals surface area contributed by atoms with Crippen molar-refractivity contribution in [1.82, 2.24) is 0 Å². The maximum absolute atomic E-state index is 11.4. The molecule has 1 heterocycles. The number of fused-ring (bicyclic) bond motifs is 1. The normalized spacial score (nSPS) is 21.0. The van der Waals surface area contributed by atoms with Crippen molar-refractivity contribution in [3.63, 3.8) is 0 Å². The van der Waals surface area contributed by atoms with Gasteiger partial charge in [-0.15, -0.1) is 0 Å². The van der Waals surface area contributed by atoms with E-state index in [0.717, 1.165) is 22.1 Å². The summed E-state index contributed by atoms with van der Waals surface area (Å²) in [5, 5.41) is 2.82. The third-order valence-corrected chi connectivity index (χ3v) is 3.16. The van der Waals surface area contributed by atoms with Gasteiger partial charge in [0.2, 0.25) is 5.91 Å². The highest BCUT2D eigenvalue weighted by Crippen LogP contribution is 2.28. The monoisotopic (exact) mass is 254 g/mol. The number of rotatable bonds is 0. The summed E-state index contributed by atoms with van der Waals surface area (Å²) in [7, 11) is 0. The highest BCUT2D eigenvalue weighted by atomic mass is 79.9. The number of hydrogen-bond acceptors (Lipinski definition) is 2. The molecule has 1 amide bonds. The van der Waals surface area contributed by atoms with E-state index < -0.39 is 6.04 Å². The number of carbonyl (C=O) groups is 1. The molecule has 1 aromatic rings. The molecule has 74 valence electrons. The highest BCUT2D eigenvalue weighted by Gasteiger charge is 2.20. The molecule has 1 atom stereocenters. The van der Waals surface area contributed by atoms with Gasteiger partial charge in [0.05, 0.1) is 6.04 Å². The van der Waals surface area contributed by atoms with Crippen LogP contribution in [0.5, 0.6) is 0 Å². The van der Waals surface area contributed by atoms with Crippen LogP contribution in [0.3, 0.4) is 0 Å². The van der Waals surface area contributed by atoms with Crippen LogP contribution in [-0.4, -0.2) is 11.9 Å². The van der Waals surface area contributed by atoms with Crippen molar-refractivity contribution in [2.75, 3.05) is 5.32 Å². The second-order valence-corrected chi connectivity index (χ2v) is 4.25. The first kappa shape index (κ1) is 9.68. The first-order chi connectivity index (χ1) is 6.68. The summed E-state index contributed by atoms with van der Waals surface area (Å²) < 4.78 is 1.03. The fraction of sp³-hybridized carbons (Fsp3) is 0.300. The van der Waals surface area contributed by atoms with E-state index in [4.69, 9.17) is 5.73 Å². The molecule has 0 saturated carbocycles. The minimum absolute atomic E-state index is 0.0955. The molecule has 0 fully saturated rings. The van der Waals surface area contributed by atoms with Crippen molar-refractivity contribution in [2.24, 2.45) is 5.73 Å². The zero-order valence-electron chi connectivity index (χ0n) is 7.59. The van der Waals surface area contributed by atoms with Crippen molar-refractivity contribution in [1.29, 1.82) is 0 Å². The van der Waals surface area contributed by atoms with Gasteiger partial charge in [-0.05, 0) is 30.5 Å². The molecule has 3 nitrogen and oxygen atoms in total.